The second kappa shape index (κ2) is 12.7. The van der Waals surface area contributed by atoms with Gasteiger partial charge in [-0.15, -0.1) is 0 Å². The first-order chi connectivity index (χ1) is 23.6. The van der Waals surface area contributed by atoms with Crippen molar-refractivity contribution in [3.05, 3.63) is 111 Å². The van der Waals surface area contributed by atoms with E-state index in [4.69, 9.17) is 14.2 Å². The number of Topliss-reactive ketones (excluding diaryl/α,β-unsaturated/α-hetero) is 1. The number of methoxy groups -OCH3 is 3. The highest BCUT2D eigenvalue weighted by Crippen LogP contribution is 2.56. The lowest BCUT2D eigenvalue weighted by molar-refractivity contribution is -0.123. The lowest BCUT2D eigenvalue weighted by atomic mass is 9.59. The number of ether oxygens (including phenoxy) is 3. The molecule has 7 rings (SSSR count). The number of imide groups is 1. The van der Waals surface area contributed by atoms with Crippen LogP contribution in [0.25, 0.3) is 12.2 Å². The van der Waals surface area contributed by atoms with Crippen LogP contribution in [0.1, 0.15) is 35.4 Å². The minimum atomic E-state index is -0.722. The van der Waals surface area contributed by atoms with Crippen molar-refractivity contribution >= 4 is 57.2 Å². The highest BCUT2D eigenvalue weighted by molar-refractivity contribution is 9.12. The van der Waals surface area contributed by atoms with Crippen molar-refractivity contribution in [2.24, 2.45) is 17.8 Å². The van der Waals surface area contributed by atoms with Crippen molar-refractivity contribution in [3.8, 4) is 23.0 Å². The quantitative estimate of drug-likeness (QED) is 0.126. The summed E-state index contributed by atoms with van der Waals surface area (Å²) in [5.74, 6) is -2.05. The van der Waals surface area contributed by atoms with Gasteiger partial charge in [0.05, 0.1) is 43.3 Å². The number of amides is 2. The molecule has 3 aromatic carbocycles. The second-order valence-electron chi connectivity index (χ2n) is 12.4. The number of phenolic OH excluding ortho intramolecular Hbond substituents is 1. The molecule has 9 nitrogen and oxygen atoms in total. The molecule has 1 heterocycles. The molecule has 1 fully saturated rings. The number of carbonyl (C=O) groups is 4. The van der Waals surface area contributed by atoms with Gasteiger partial charge in [-0.1, -0.05) is 42.0 Å². The van der Waals surface area contributed by atoms with Crippen LogP contribution in [0.3, 0.4) is 0 Å². The van der Waals surface area contributed by atoms with Crippen LogP contribution >= 0.6 is 15.9 Å². The summed E-state index contributed by atoms with van der Waals surface area (Å²) in [6, 6.07) is 17.3. The Hall–Kier alpha value is -5.22. The fraction of sp³-hybridized carbons (Fsp3) is 0.231. The van der Waals surface area contributed by atoms with Crippen molar-refractivity contribution in [2.75, 3.05) is 26.2 Å². The smallest absolute Gasteiger partial charge is 0.238 e. The molecule has 1 N–H and O–H groups in total. The van der Waals surface area contributed by atoms with Crippen LogP contribution in [0.15, 0.2) is 94.0 Å². The largest absolute Gasteiger partial charge is 0.508 e. The van der Waals surface area contributed by atoms with Crippen LogP contribution < -0.4 is 19.1 Å². The Morgan fingerprint density at radius 1 is 0.837 bits per heavy atom. The van der Waals surface area contributed by atoms with Crippen molar-refractivity contribution in [3.63, 3.8) is 0 Å². The van der Waals surface area contributed by atoms with Gasteiger partial charge in [-0.05, 0) is 76.7 Å². The molecule has 0 bridgehead atoms. The Labute approximate surface area is 291 Å². The summed E-state index contributed by atoms with van der Waals surface area (Å²) in [7, 11) is 4.67. The van der Waals surface area contributed by atoms with Crippen LogP contribution in [-0.2, 0) is 19.2 Å². The number of nitrogens with zero attached hydrogens (tertiary/aromatic N) is 1. The summed E-state index contributed by atoms with van der Waals surface area (Å²) < 4.78 is 16.6. The summed E-state index contributed by atoms with van der Waals surface area (Å²) >= 11 is 3.26. The third kappa shape index (κ3) is 5.40. The highest BCUT2D eigenvalue weighted by Gasteiger charge is 2.57. The molecule has 0 radical (unpaired) electrons. The van der Waals surface area contributed by atoms with Gasteiger partial charge >= 0.3 is 0 Å². The average Bonchev–Trinajstić information content (AvgIpc) is 3.37. The van der Waals surface area contributed by atoms with Crippen molar-refractivity contribution in [1.82, 2.24) is 0 Å². The predicted molar refractivity (Wildman–Crippen MR) is 187 cm³/mol. The molecular weight excluding hydrogens is 690 g/mol. The number of ketones is 2. The number of fused-ring (bicyclic) bond motifs is 3. The first kappa shape index (κ1) is 32.3. The van der Waals surface area contributed by atoms with Crippen molar-refractivity contribution < 1.29 is 38.5 Å². The summed E-state index contributed by atoms with van der Waals surface area (Å²) in [6.07, 6.45) is 7.50. The molecule has 1 saturated heterocycles. The van der Waals surface area contributed by atoms with Gasteiger partial charge in [0.15, 0.2) is 11.6 Å². The van der Waals surface area contributed by atoms with Gasteiger partial charge in [0.25, 0.3) is 0 Å². The summed E-state index contributed by atoms with van der Waals surface area (Å²) in [6.45, 7) is 0. The second-order valence-corrected chi connectivity index (χ2v) is 13.2. The molecule has 1 aliphatic heterocycles. The molecule has 4 aliphatic rings. The predicted octanol–water partition coefficient (Wildman–Crippen LogP) is 6.56. The highest BCUT2D eigenvalue weighted by atomic mass is 79.9. The average molecular weight is 723 g/mol. The number of halogens is 1. The van der Waals surface area contributed by atoms with E-state index in [0.717, 1.165) is 16.7 Å². The van der Waals surface area contributed by atoms with E-state index in [0.29, 0.717) is 46.1 Å². The maximum atomic E-state index is 14.3. The molecule has 3 aliphatic carbocycles. The molecule has 3 aromatic rings. The van der Waals surface area contributed by atoms with Gasteiger partial charge in [-0.2, -0.15) is 0 Å². The first-order valence-corrected chi connectivity index (χ1v) is 16.6. The zero-order valence-corrected chi connectivity index (χ0v) is 28.5. The minimum absolute atomic E-state index is 0.0118. The summed E-state index contributed by atoms with van der Waals surface area (Å²) in [5.41, 5.74) is 4.20. The summed E-state index contributed by atoms with van der Waals surface area (Å²) in [4.78, 5) is 56.6. The molecule has 248 valence electrons. The van der Waals surface area contributed by atoms with E-state index in [-0.39, 0.29) is 40.0 Å². The number of allylic oxidation sites excluding steroid dienone is 6. The van der Waals surface area contributed by atoms with Crippen molar-refractivity contribution in [1.29, 1.82) is 0 Å². The first-order valence-electron chi connectivity index (χ1n) is 15.8. The Morgan fingerprint density at radius 2 is 1.59 bits per heavy atom. The molecule has 4 unspecified atom stereocenters. The molecular formula is C39H32BrNO8. The van der Waals surface area contributed by atoms with E-state index in [9.17, 15) is 24.3 Å². The third-order valence-corrected chi connectivity index (χ3v) is 10.5. The van der Waals surface area contributed by atoms with E-state index in [1.54, 1.807) is 32.4 Å². The van der Waals surface area contributed by atoms with E-state index in [1.165, 1.54) is 30.2 Å². The number of benzene rings is 3. The van der Waals surface area contributed by atoms with Gasteiger partial charge in [0, 0.05) is 40.3 Å². The number of rotatable bonds is 7. The van der Waals surface area contributed by atoms with Crippen LogP contribution in [0.2, 0.25) is 0 Å². The molecule has 4 atom stereocenters. The number of anilines is 1. The van der Waals surface area contributed by atoms with Gasteiger partial charge < -0.3 is 19.3 Å². The van der Waals surface area contributed by atoms with Gasteiger partial charge in [0.1, 0.15) is 23.0 Å². The maximum Gasteiger partial charge on any atom is 0.238 e. The Bertz CT molecular complexity index is 2060. The van der Waals surface area contributed by atoms with E-state index < -0.39 is 23.7 Å². The van der Waals surface area contributed by atoms with Crippen molar-refractivity contribution in [2.45, 2.75) is 18.8 Å². The Balaban J connectivity index is 1.22. The molecule has 49 heavy (non-hydrogen) atoms. The van der Waals surface area contributed by atoms with E-state index >= 15 is 0 Å². The van der Waals surface area contributed by atoms with Crippen LogP contribution in [-0.4, -0.2) is 49.8 Å². The maximum absolute atomic E-state index is 14.3. The van der Waals surface area contributed by atoms with Crippen LogP contribution in [0.4, 0.5) is 5.69 Å². The van der Waals surface area contributed by atoms with Gasteiger partial charge in [-0.3, -0.25) is 24.1 Å². The Kier molecular flexibility index (Phi) is 8.36. The fourth-order valence-electron chi connectivity index (χ4n) is 7.64. The third-order valence-electron chi connectivity index (χ3n) is 9.90. The van der Waals surface area contributed by atoms with E-state index in [2.05, 4.69) is 15.9 Å². The van der Waals surface area contributed by atoms with Crippen LogP contribution in [0, 0.1) is 17.8 Å². The zero-order valence-electron chi connectivity index (χ0n) is 26.9. The molecule has 0 spiro atoms. The normalized spacial score (nSPS) is 23.2. The lowest BCUT2D eigenvalue weighted by Gasteiger charge is -2.42. The number of phenols is 1. The minimum Gasteiger partial charge on any atom is -0.508 e. The fourth-order valence-corrected chi connectivity index (χ4v) is 8.09. The molecule has 0 saturated carbocycles. The zero-order chi connectivity index (χ0) is 34.6. The van der Waals surface area contributed by atoms with Crippen LogP contribution in [0.5, 0.6) is 23.0 Å². The standard InChI is InChI=1S/C39H32BrNO8/c1-47-24-11-15-32(48-2)21(16-24)7-4-20-5-8-22(9-6-20)41-38(45)27-14-13-25-28(35(27)39(41)46)18-29-36(31(43)19-30(40)37(29)44)34(25)26-12-10-23(42)17-33(26)49-3/h4-13,15-17,19,27-28,34-35,42H,14,18H2,1-3H3. The SMILES string of the molecule is COc1ccc(OC)c(C=Cc2ccc(N3C(=O)C4CC=C5C(c6ccc(O)cc6OC)C6=C(CC5C4C3=O)C(=O)C(Br)=CC6=O)cc2)c1. The lowest BCUT2D eigenvalue weighted by Crippen LogP contribution is -2.39. The number of aromatic hydroxyl groups is 1. The number of carbonyl (C=O) groups excluding carboxylic acids is 4. The van der Waals surface area contributed by atoms with Gasteiger partial charge in [0.2, 0.25) is 11.8 Å². The Morgan fingerprint density at radius 3 is 2.31 bits per heavy atom. The number of hydrogen-bond donors (Lipinski definition) is 1. The van der Waals surface area contributed by atoms with E-state index in [1.807, 2.05) is 48.6 Å². The molecule has 2 amide bonds. The van der Waals surface area contributed by atoms with Gasteiger partial charge in [-0.25, -0.2) is 0 Å². The summed E-state index contributed by atoms with van der Waals surface area (Å²) in [5, 5.41) is 10.2. The number of hydrogen-bond acceptors (Lipinski definition) is 8. The molecule has 10 heteroatoms. The topological polar surface area (TPSA) is 119 Å². The molecule has 0 aromatic heterocycles. The monoisotopic (exact) mass is 721 g/mol.